The fourth-order valence-corrected chi connectivity index (χ4v) is 4.00. The van der Waals surface area contributed by atoms with Crippen LogP contribution in [0.4, 0.5) is 0 Å². The third-order valence-corrected chi connectivity index (χ3v) is 4.97. The first-order valence-electron chi connectivity index (χ1n) is 7.20. The highest BCUT2D eigenvalue weighted by Gasteiger charge is 2.43. The Bertz CT molecular complexity index is 649. The Kier molecular flexibility index (Phi) is 2.44. The number of hydrogen-bond donors (Lipinski definition) is 0. The van der Waals surface area contributed by atoms with Crippen LogP contribution < -0.4 is 0 Å². The number of pyridine rings is 1. The van der Waals surface area contributed by atoms with Crippen LogP contribution in [-0.2, 0) is 0 Å². The van der Waals surface area contributed by atoms with Gasteiger partial charge in [-0.15, -0.1) is 0 Å². The molecule has 4 rings (SSSR count). The first kappa shape index (κ1) is 11.2. The minimum absolute atomic E-state index is 0.278. The molecule has 0 spiro atoms. The van der Waals surface area contributed by atoms with E-state index in [0.717, 1.165) is 28.8 Å². The summed E-state index contributed by atoms with van der Waals surface area (Å²) in [6.07, 6.45) is 6.78. The average Bonchev–Trinajstić information content (AvgIpc) is 3.08. The lowest BCUT2D eigenvalue weighted by Crippen LogP contribution is -2.21. The van der Waals surface area contributed by atoms with Gasteiger partial charge in [0, 0.05) is 23.1 Å². The molecule has 0 radical (unpaired) electrons. The van der Waals surface area contributed by atoms with Crippen LogP contribution in [-0.4, -0.2) is 10.8 Å². The molecule has 2 aliphatic carbocycles. The second-order valence-electron chi connectivity index (χ2n) is 6.06. The van der Waals surface area contributed by atoms with E-state index in [4.69, 9.17) is 0 Å². The zero-order valence-corrected chi connectivity index (χ0v) is 10.9. The number of Topliss-reactive ketones (excluding diaryl/α,β-unsaturated/α-hetero) is 1. The molecule has 96 valence electrons. The number of ketones is 1. The Balaban J connectivity index is 1.68. The molecule has 2 nitrogen and oxygen atoms in total. The van der Waals surface area contributed by atoms with Crippen LogP contribution in [0.25, 0.3) is 10.9 Å². The summed E-state index contributed by atoms with van der Waals surface area (Å²) in [5.74, 6) is 2.09. The maximum absolute atomic E-state index is 12.7. The summed E-state index contributed by atoms with van der Waals surface area (Å²) >= 11 is 0. The highest BCUT2D eigenvalue weighted by molar-refractivity contribution is 6.01. The standard InChI is InChI=1S/C17H17NO/c19-17(15-9-11-3-4-13(15)8-11)14-6-5-12-2-1-7-18-16(12)10-14/h1-2,5-7,10-11,13,15H,3-4,8-9H2. The number of fused-ring (bicyclic) bond motifs is 3. The number of benzene rings is 1. The van der Waals surface area contributed by atoms with Crippen molar-refractivity contribution in [3.63, 3.8) is 0 Å². The molecule has 19 heavy (non-hydrogen) atoms. The van der Waals surface area contributed by atoms with E-state index in [0.29, 0.717) is 11.7 Å². The Hall–Kier alpha value is -1.70. The van der Waals surface area contributed by atoms with Crippen molar-refractivity contribution >= 4 is 16.7 Å². The summed E-state index contributed by atoms with van der Waals surface area (Å²) in [6.45, 7) is 0. The summed E-state index contributed by atoms with van der Waals surface area (Å²) < 4.78 is 0. The second kappa shape index (κ2) is 4.16. The average molecular weight is 251 g/mol. The van der Waals surface area contributed by atoms with Gasteiger partial charge in [0.2, 0.25) is 0 Å². The minimum atomic E-state index is 0.278. The van der Waals surface area contributed by atoms with Gasteiger partial charge in [-0.2, -0.15) is 0 Å². The number of carbonyl (C=O) groups is 1. The molecule has 1 aromatic carbocycles. The third kappa shape index (κ3) is 1.78. The van der Waals surface area contributed by atoms with Crippen LogP contribution in [0.5, 0.6) is 0 Å². The predicted molar refractivity (Wildman–Crippen MR) is 75.0 cm³/mol. The topological polar surface area (TPSA) is 30.0 Å². The van der Waals surface area contributed by atoms with Gasteiger partial charge in [0.25, 0.3) is 0 Å². The largest absolute Gasteiger partial charge is 0.294 e. The Labute approximate surface area is 112 Å². The van der Waals surface area contributed by atoms with Crippen molar-refractivity contribution < 1.29 is 4.79 Å². The van der Waals surface area contributed by atoms with Crippen LogP contribution in [0, 0.1) is 17.8 Å². The van der Waals surface area contributed by atoms with E-state index in [1.165, 1.54) is 19.3 Å². The Morgan fingerprint density at radius 3 is 2.89 bits per heavy atom. The lowest BCUT2D eigenvalue weighted by molar-refractivity contribution is 0.0875. The van der Waals surface area contributed by atoms with Crippen molar-refractivity contribution in [2.24, 2.45) is 17.8 Å². The molecular formula is C17H17NO. The zero-order chi connectivity index (χ0) is 12.8. The molecule has 2 fully saturated rings. The smallest absolute Gasteiger partial charge is 0.166 e. The molecular weight excluding hydrogens is 234 g/mol. The van der Waals surface area contributed by atoms with E-state index in [-0.39, 0.29) is 5.92 Å². The fourth-order valence-electron chi connectivity index (χ4n) is 4.00. The highest BCUT2D eigenvalue weighted by Crippen LogP contribution is 2.49. The third-order valence-electron chi connectivity index (χ3n) is 4.97. The van der Waals surface area contributed by atoms with Crippen molar-refractivity contribution in [2.45, 2.75) is 25.7 Å². The maximum Gasteiger partial charge on any atom is 0.166 e. The summed E-state index contributed by atoms with van der Waals surface area (Å²) in [7, 11) is 0. The maximum atomic E-state index is 12.7. The van der Waals surface area contributed by atoms with E-state index in [1.807, 2.05) is 30.3 Å². The predicted octanol–water partition coefficient (Wildman–Crippen LogP) is 3.85. The number of carbonyl (C=O) groups excluding carboxylic acids is 1. The molecule has 2 bridgehead atoms. The van der Waals surface area contributed by atoms with E-state index in [9.17, 15) is 4.79 Å². The van der Waals surface area contributed by atoms with Gasteiger partial charge in [0.1, 0.15) is 0 Å². The van der Waals surface area contributed by atoms with Crippen molar-refractivity contribution in [3.05, 3.63) is 42.1 Å². The molecule has 3 unspecified atom stereocenters. The lowest BCUT2D eigenvalue weighted by atomic mass is 9.83. The number of hydrogen-bond acceptors (Lipinski definition) is 2. The van der Waals surface area contributed by atoms with Gasteiger partial charge in [-0.3, -0.25) is 9.78 Å². The molecule has 0 amide bonds. The monoisotopic (exact) mass is 251 g/mol. The van der Waals surface area contributed by atoms with E-state index in [1.54, 1.807) is 6.20 Å². The van der Waals surface area contributed by atoms with Crippen LogP contribution in [0.2, 0.25) is 0 Å². The van der Waals surface area contributed by atoms with E-state index < -0.39 is 0 Å². The molecule has 0 N–H and O–H groups in total. The second-order valence-corrected chi connectivity index (χ2v) is 6.06. The Morgan fingerprint density at radius 1 is 1.16 bits per heavy atom. The molecule has 0 saturated heterocycles. The highest BCUT2D eigenvalue weighted by atomic mass is 16.1. The summed E-state index contributed by atoms with van der Waals surface area (Å²) in [6, 6.07) is 9.92. The van der Waals surface area contributed by atoms with E-state index in [2.05, 4.69) is 4.98 Å². The van der Waals surface area contributed by atoms with Gasteiger partial charge in [0.05, 0.1) is 5.52 Å². The summed E-state index contributed by atoms with van der Waals surface area (Å²) in [5, 5.41) is 1.10. The fraction of sp³-hybridized carbons (Fsp3) is 0.412. The molecule has 1 heterocycles. The molecule has 2 aromatic rings. The van der Waals surface area contributed by atoms with Crippen LogP contribution in [0.1, 0.15) is 36.0 Å². The first-order valence-corrected chi connectivity index (χ1v) is 7.20. The normalized spacial score (nSPS) is 28.9. The summed E-state index contributed by atoms with van der Waals surface area (Å²) in [4.78, 5) is 17.0. The molecule has 3 atom stereocenters. The van der Waals surface area contributed by atoms with Gasteiger partial charge in [-0.05, 0) is 43.2 Å². The SMILES string of the molecule is O=C(c1ccc2cccnc2c1)C1CC2CCC1C2. The molecule has 2 aliphatic rings. The molecule has 0 aliphatic heterocycles. The van der Waals surface area contributed by atoms with Crippen molar-refractivity contribution in [3.8, 4) is 0 Å². The Morgan fingerprint density at radius 2 is 2.11 bits per heavy atom. The summed E-state index contributed by atoms with van der Waals surface area (Å²) in [5.41, 5.74) is 1.78. The number of rotatable bonds is 2. The van der Waals surface area contributed by atoms with Crippen molar-refractivity contribution in [1.29, 1.82) is 0 Å². The van der Waals surface area contributed by atoms with Gasteiger partial charge in [0.15, 0.2) is 5.78 Å². The molecule has 2 saturated carbocycles. The number of aromatic nitrogens is 1. The zero-order valence-electron chi connectivity index (χ0n) is 10.9. The number of nitrogens with zero attached hydrogens (tertiary/aromatic N) is 1. The lowest BCUT2D eigenvalue weighted by Gasteiger charge is -2.20. The van der Waals surface area contributed by atoms with Gasteiger partial charge in [-0.1, -0.05) is 24.6 Å². The van der Waals surface area contributed by atoms with Crippen LogP contribution in [0.3, 0.4) is 0 Å². The van der Waals surface area contributed by atoms with Crippen molar-refractivity contribution in [2.75, 3.05) is 0 Å². The van der Waals surface area contributed by atoms with E-state index >= 15 is 0 Å². The quantitative estimate of drug-likeness (QED) is 0.759. The molecule has 2 heteroatoms. The van der Waals surface area contributed by atoms with Gasteiger partial charge >= 0.3 is 0 Å². The van der Waals surface area contributed by atoms with Crippen molar-refractivity contribution in [1.82, 2.24) is 4.98 Å². The van der Waals surface area contributed by atoms with Crippen LogP contribution >= 0.6 is 0 Å². The first-order chi connectivity index (χ1) is 9.31. The van der Waals surface area contributed by atoms with Gasteiger partial charge in [-0.25, -0.2) is 0 Å². The van der Waals surface area contributed by atoms with Crippen LogP contribution in [0.15, 0.2) is 36.5 Å². The minimum Gasteiger partial charge on any atom is -0.294 e. The molecule has 1 aromatic heterocycles. The van der Waals surface area contributed by atoms with Gasteiger partial charge < -0.3 is 0 Å².